The molecule has 1 N–H and O–H groups in total. The topological polar surface area (TPSA) is 71.2 Å². The van der Waals surface area contributed by atoms with Gasteiger partial charge in [0, 0.05) is 29.4 Å². The molecule has 4 aromatic rings. The van der Waals surface area contributed by atoms with Crippen LogP contribution in [0.1, 0.15) is 35.2 Å². The van der Waals surface area contributed by atoms with Gasteiger partial charge in [0.25, 0.3) is 5.91 Å². The number of carbonyl (C=O) groups is 1. The number of para-hydroxylation sites is 1. The van der Waals surface area contributed by atoms with Gasteiger partial charge in [-0.25, -0.2) is 9.97 Å². The van der Waals surface area contributed by atoms with E-state index >= 15 is 0 Å². The number of benzene rings is 2. The maximum Gasteiger partial charge on any atom is 0.256 e. The van der Waals surface area contributed by atoms with E-state index < -0.39 is 0 Å². The van der Waals surface area contributed by atoms with Crippen LogP contribution in [0.25, 0.3) is 16.9 Å². The van der Waals surface area contributed by atoms with E-state index in [0.29, 0.717) is 11.1 Å². The number of carbonyl (C=O) groups excluding carboxylic acids is 1. The van der Waals surface area contributed by atoms with Gasteiger partial charge >= 0.3 is 0 Å². The summed E-state index contributed by atoms with van der Waals surface area (Å²) in [5.41, 5.74) is 3.90. The molecule has 166 valence electrons. The Hall–Kier alpha value is -3.51. The maximum absolute atomic E-state index is 13.7. The number of amides is 1. The molecule has 4 heterocycles. The van der Waals surface area contributed by atoms with Gasteiger partial charge in [0.1, 0.15) is 11.8 Å². The van der Waals surface area contributed by atoms with Gasteiger partial charge in [-0.2, -0.15) is 0 Å². The Labute approximate surface area is 192 Å². The second-order valence-electron chi connectivity index (χ2n) is 9.36. The average molecular weight is 439 g/mol. The fourth-order valence-electron chi connectivity index (χ4n) is 5.96. The van der Waals surface area contributed by atoms with Crippen molar-refractivity contribution in [3.05, 3.63) is 90.4 Å². The first-order valence-corrected chi connectivity index (χ1v) is 11.5. The van der Waals surface area contributed by atoms with Crippen LogP contribution in [0.15, 0.2) is 79.3 Å². The molecule has 33 heavy (non-hydrogen) atoms. The lowest BCUT2D eigenvalue weighted by molar-refractivity contribution is 0.0571. The van der Waals surface area contributed by atoms with Gasteiger partial charge in [-0.05, 0) is 49.4 Å². The van der Waals surface area contributed by atoms with Crippen LogP contribution in [0.2, 0.25) is 0 Å². The van der Waals surface area contributed by atoms with Crippen molar-refractivity contribution in [3.63, 3.8) is 0 Å². The minimum Gasteiger partial charge on any atom is -0.396 e. The summed E-state index contributed by atoms with van der Waals surface area (Å²) in [6.07, 6.45) is 6.97. The molecule has 2 aromatic heterocycles. The minimum atomic E-state index is -0.285. The molecule has 0 aliphatic carbocycles. The van der Waals surface area contributed by atoms with Crippen LogP contribution in [0.5, 0.6) is 0 Å². The van der Waals surface area contributed by atoms with E-state index in [2.05, 4.69) is 22.1 Å². The van der Waals surface area contributed by atoms with E-state index in [0.717, 1.165) is 37.0 Å². The van der Waals surface area contributed by atoms with Crippen LogP contribution in [0, 0.1) is 5.41 Å². The molecule has 6 nitrogen and oxygen atoms in total. The first-order chi connectivity index (χ1) is 16.2. The number of nitrogens with zero attached hydrogens (tertiary/aromatic N) is 4. The van der Waals surface area contributed by atoms with Crippen molar-refractivity contribution in [2.75, 3.05) is 6.61 Å². The third-order valence-electron chi connectivity index (χ3n) is 7.47. The monoisotopic (exact) mass is 438 g/mol. The second-order valence-corrected chi connectivity index (χ2v) is 9.36. The molecule has 0 unspecified atom stereocenters. The highest BCUT2D eigenvalue weighted by molar-refractivity contribution is 5.97. The summed E-state index contributed by atoms with van der Waals surface area (Å²) >= 11 is 0. The summed E-state index contributed by atoms with van der Waals surface area (Å²) in [6, 6.07) is 22.3. The van der Waals surface area contributed by atoms with Crippen molar-refractivity contribution in [1.82, 2.24) is 19.4 Å². The molecule has 2 aliphatic rings. The van der Waals surface area contributed by atoms with Crippen molar-refractivity contribution in [2.24, 2.45) is 5.41 Å². The number of pyridine rings is 1. The molecule has 2 aromatic carbocycles. The number of hydrogen-bond donors (Lipinski definition) is 1. The zero-order valence-electron chi connectivity index (χ0n) is 18.3. The molecular weight excluding hydrogens is 412 g/mol. The first-order valence-electron chi connectivity index (χ1n) is 11.5. The van der Waals surface area contributed by atoms with E-state index in [1.54, 1.807) is 12.5 Å². The highest BCUT2D eigenvalue weighted by Gasteiger charge is 2.57. The van der Waals surface area contributed by atoms with Gasteiger partial charge in [-0.15, -0.1) is 0 Å². The lowest BCUT2D eigenvalue weighted by atomic mass is 9.70. The molecule has 0 radical (unpaired) electrons. The Kier molecular flexibility index (Phi) is 4.76. The van der Waals surface area contributed by atoms with Gasteiger partial charge in [-0.1, -0.05) is 48.5 Å². The summed E-state index contributed by atoms with van der Waals surface area (Å²) in [5.74, 6) is -0.00505. The summed E-state index contributed by atoms with van der Waals surface area (Å²) in [5, 5.41) is 10.5. The van der Waals surface area contributed by atoms with Crippen molar-refractivity contribution in [3.8, 4) is 5.69 Å². The third kappa shape index (κ3) is 3.25. The number of imidazole rings is 1. The van der Waals surface area contributed by atoms with Gasteiger partial charge < -0.3 is 10.0 Å². The molecule has 1 amide bonds. The Balaban J connectivity index is 1.30. The Morgan fingerprint density at radius 3 is 2.55 bits per heavy atom. The molecule has 2 fully saturated rings. The predicted molar refractivity (Wildman–Crippen MR) is 126 cm³/mol. The van der Waals surface area contributed by atoms with Crippen LogP contribution >= 0.6 is 0 Å². The molecule has 3 atom stereocenters. The number of fused-ring (bicyclic) bond motifs is 3. The molecule has 0 saturated carbocycles. The van der Waals surface area contributed by atoms with E-state index in [1.807, 2.05) is 64.1 Å². The largest absolute Gasteiger partial charge is 0.396 e. The zero-order chi connectivity index (χ0) is 22.4. The van der Waals surface area contributed by atoms with Crippen molar-refractivity contribution < 1.29 is 9.90 Å². The fourth-order valence-corrected chi connectivity index (χ4v) is 5.96. The number of aliphatic hydroxyl groups is 1. The summed E-state index contributed by atoms with van der Waals surface area (Å²) in [6.45, 7) is 0.0889. The molecule has 0 spiro atoms. The third-order valence-corrected chi connectivity index (χ3v) is 7.47. The molecular formula is C27H26N4O2. The summed E-state index contributed by atoms with van der Waals surface area (Å²) < 4.78 is 1.93. The van der Waals surface area contributed by atoms with Gasteiger partial charge in [0.15, 0.2) is 5.65 Å². The normalized spacial score (nSPS) is 24.0. The molecule has 2 aliphatic heterocycles. The number of aromatic nitrogens is 3. The van der Waals surface area contributed by atoms with Crippen LogP contribution < -0.4 is 0 Å². The molecule has 6 rings (SSSR count). The van der Waals surface area contributed by atoms with Gasteiger partial charge in [-0.3, -0.25) is 9.36 Å². The minimum absolute atomic E-state index is 0.00505. The highest BCUT2D eigenvalue weighted by atomic mass is 16.3. The number of aliphatic hydroxyl groups excluding tert-OH is 1. The first kappa shape index (κ1) is 20.1. The average Bonchev–Trinajstić information content (AvgIpc) is 3.56. The van der Waals surface area contributed by atoms with E-state index in [-0.39, 0.29) is 30.0 Å². The Morgan fingerprint density at radius 1 is 1.03 bits per heavy atom. The van der Waals surface area contributed by atoms with Gasteiger partial charge in [0.2, 0.25) is 0 Å². The molecule has 2 saturated heterocycles. The van der Waals surface area contributed by atoms with Crippen molar-refractivity contribution in [2.45, 2.75) is 37.8 Å². The lowest BCUT2D eigenvalue weighted by Gasteiger charge is -2.36. The maximum atomic E-state index is 13.7. The van der Waals surface area contributed by atoms with Crippen LogP contribution in [0.4, 0.5) is 0 Å². The van der Waals surface area contributed by atoms with E-state index in [9.17, 15) is 9.90 Å². The second kappa shape index (κ2) is 7.81. The molecule has 2 bridgehead atoms. The zero-order valence-corrected chi connectivity index (χ0v) is 18.3. The number of rotatable bonds is 5. The van der Waals surface area contributed by atoms with Crippen LogP contribution in [-0.2, 0) is 6.42 Å². The Bertz CT molecular complexity index is 1300. The van der Waals surface area contributed by atoms with E-state index in [4.69, 9.17) is 0 Å². The fraction of sp³-hybridized carbons (Fsp3) is 0.296. The Morgan fingerprint density at radius 2 is 1.79 bits per heavy atom. The van der Waals surface area contributed by atoms with E-state index in [1.165, 1.54) is 5.56 Å². The smallest absolute Gasteiger partial charge is 0.256 e. The predicted octanol–water partition coefficient (Wildman–Crippen LogP) is 4.02. The van der Waals surface area contributed by atoms with Crippen molar-refractivity contribution in [1.29, 1.82) is 0 Å². The molecule has 6 heteroatoms. The standard InChI is InChI=1S/C27H26N4O2/c32-17-27(14-19-7-3-1-4-8-19)15-22-11-12-24(27)31(22)26(33)20-13-23-25(28-16-20)30(18-29-23)21-9-5-2-6-10-21/h1-10,13,16,18,22,24,32H,11-12,14-15,17H2/t22-,24+,27-/m1/s1. The summed E-state index contributed by atoms with van der Waals surface area (Å²) in [7, 11) is 0. The number of hydrogen-bond acceptors (Lipinski definition) is 4. The van der Waals surface area contributed by atoms with Crippen LogP contribution in [0.3, 0.4) is 0 Å². The van der Waals surface area contributed by atoms with Crippen LogP contribution in [-0.4, -0.2) is 49.1 Å². The highest BCUT2D eigenvalue weighted by Crippen LogP contribution is 2.51. The lowest BCUT2D eigenvalue weighted by Crippen LogP contribution is -2.44. The quantitative estimate of drug-likeness (QED) is 0.511. The SMILES string of the molecule is O=C(c1cnc2c(c1)ncn2-c1ccccc1)N1[C@@H]2CC[C@H]1[C@](CO)(Cc1ccccc1)C2. The van der Waals surface area contributed by atoms with Gasteiger partial charge in [0.05, 0.1) is 12.2 Å². The summed E-state index contributed by atoms with van der Waals surface area (Å²) in [4.78, 5) is 24.8. The van der Waals surface area contributed by atoms with Crippen molar-refractivity contribution >= 4 is 17.1 Å².